The van der Waals surface area contributed by atoms with Crippen LogP contribution in [-0.4, -0.2) is 28.3 Å². The Bertz CT molecular complexity index is 216. The van der Waals surface area contributed by atoms with Gasteiger partial charge in [0.25, 0.3) is 0 Å². The molecular weight excluding hydrogens is 303 g/mol. The Morgan fingerprint density at radius 3 is 2.07 bits per heavy atom. The molecule has 2 N–H and O–H groups in total. The van der Waals surface area contributed by atoms with Crippen LogP contribution in [0.15, 0.2) is 0 Å². The first kappa shape index (κ1) is 13.6. The predicted molar refractivity (Wildman–Crippen MR) is 57.1 cm³/mol. The van der Waals surface area contributed by atoms with Crippen molar-refractivity contribution in [2.45, 2.75) is 26.4 Å². The van der Waals surface area contributed by atoms with E-state index in [4.69, 9.17) is 13.3 Å². The summed E-state index contributed by atoms with van der Waals surface area (Å²) < 4.78 is 4.74. The third kappa shape index (κ3) is 4.23. The molecule has 0 radical (unpaired) electrons. The van der Waals surface area contributed by atoms with Crippen molar-refractivity contribution in [3.63, 3.8) is 0 Å². The summed E-state index contributed by atoms with van der Waals surface area (Å²) in [7, 11) is 0. The Kier molecular flexibility index (Phi) is 6.01. The van der Waals surface area contributed by atoms with Gasteiger partial charge in [-0.2, -0.15) is 0 Å². The fraction of sp³-hybridized carbons (Fsp3) is 0.750. The molecule has 2 unspecified atom stereocenters. The summed E-state index contributed by atoms with van der Waals surface area (Å²) in [5.74, 6) is -2.70. The van der Waals surface area contributed by atoms with Crippen LogP contribution in [0.1, 0.15) is 20.3 Å². The molecule has 2 atom stereocenters. The molecule has 0 heterocycles. The van der Waals surface area contributed by atoms with Crippen molar-refractivity contribution < 1.29 is 22.9 Å². The maximum atomic E-state index is 10.7. The third-order valence-electron chi connectivity index (χ3n) is 1.99. The average molecular weight is 316 g/mol. The van der Waals surface area contributed by atoms with Crippen molar-refractivity contribution in [3.8, 4) is 0 Å². The van der Waals surface area contributed by atoms with E-state index >= 15 is 0 Å². The largest absolute Gasteiger partial charge is 0.481 e. The summed E-state index contributed by atoms with van der Waals surface area (Å²) in [5.41, 5.74) is 0. The van der Waals surface area contributed by atoms with Gasteiger partial charge < -0.3 is 13.3 Å². The molecule has 0 saturated carbocycles. The van der Waals surface area contributed by atoms with Crippen LogP contribution in [0.3, 0.4) is 0 Å². The third-order valence-corrected chi connectivity index (χ3v) is 2.54. The van der Waals surface area contributed by atoms with Gasteiger partial charge in [-0.05, 0) is 5.92 Å². The van der Waals surface area contributed by atoms with Crippen molar-refractivity contribution in [2.75, 3.05) is 0 Å². The van der Waals surface area contributed by atoms with Gasteiger partial charge in [0, 0.05) is 5.92 Å². The van der Waals surface area contributed by atoms with E-state index in [1.165, 1.54) is 23.0 Å². The molecule has 0 aromatic rings. The maximum absolute atomic E-state index is 10.7. The molecule has 5 nitrogen and oxygen atoms in total. The average Bonchev–Trinajstić information content (AvgIpc) is 2.02. The highest BCUT2D eigenvalue weighted by Gasteiger charge is 2.32. The van der Waals surface area contributed by atoms with Gasteiger partial charge >= 0.3 is 11.9 Å². The lowest BCUT2D eigenvalue weighted by atomic mass is 9.87. The Morgan fingerprint density at radius 2 is 1.86 bits per heavy atom. The minimum atomic E-state index is -1.13. The van der Waals surface area contributed by atoms with E-state index in [1.54, 1.807) is 13.8 Å². The Hall–Kier alpha value is -0.370. The molecule has 0 spiro atoms. The first-order valence-electron chi connectivity index (χ1n) is 4.12. The molecule has 0 aromatic carbocycles. The van der Waals surface area contributed by atoms with Gasteiger partial charge in [-0.3, -0.25) is 4.79 Å². The zero-order valence-corrected chi connectivity index (χ0v) is 10.1. The van der Waals surface area contributed by atoms with Crippen LogP contribution in [0.25, 0.3) is 0 Å². The summed E-state index contributed by atoms with van der Waals surface area (Å²) >= 11 is 1.49. The van der Waals surface area contributed by atoms with Gasteiger partial charge in [-0.25, -0.2) is 4.79 Å². The second-order valence-corrected chi connectivity index (χ2v) is 3.86. The van der Waals surface area contributed by atoms with Crippen LogP contribution >= 0.6 is 23.0 Å². The molecule has 82 valence electrons. The van der Waals surface area contributed by atoms with E-state index in [0.29, 0.717) is 0 Å². The molecular formula is C8H13IO5. The van der Waals surface area contributed by atoms with E-state index in [-0.39, 0.29) is 12.3 Å². The molecule has 0 aliphatic heterocycles. The fourth-order valence-corrected chi connectivity index (χ4v) is 1.78. The minimum Gasteiger partial charge on any atom is -0.481 e. The molecule has 14 heavy (non-hydrogen) atoms. The topological polar surface area (TPSA) is 83.8 Å². The Labute approximate surface area is 96.1 Å². The number of hydrogen-bond acceptors (Lipinski definition) is 3. The second-order valence-electron chi connectivity index (χ2n) is 3.35. The number of carbonyl (C=O) groups is 2. The quantitative estimate of drug-likeness (QED) is 0.727. The van der Waals surface area contributed by atoms with Gasteiger partial charge in [0.2, 0.25) is 0 Å². The lowest BCUT2D eigenvalue weighted by Gasteiger charge is -2.23. The highest BCUT2D eigenvalue weighted by atomic mass is 127. The molecule has 0 aliphatic carbocycles. The zero-order chi connectivity index (χ0) is 11.3. The highest BCUT2D eigenvalue weighted by Crippen LogP contribution is 2.23. The predicted octanol–water partition coefficient (Wildman–Crippen LogP) is 1.55. The van der Waals surface area contributed by atoms with Crippen LogP contribution in [-0.2, 0) is 12.7 Å². The van der Waals surface area contributed by atoms with E-state index < -0.39 is 24.0 Å². The molecule has 6 heteroatoms. The van der Waals surface area contributed by atoms with Crippen LogP contribution in [0.2, 0.25) is 0 Å². The van der Waals surface area contributed by atoms with Gasteiger partial charge in [0.1, 0.15) is 23.0 Å². The summed E-state index contributed by atoms with van der Waals surface area (Å²) in [4.78, 5) is 21.2. The molecule has 0 aromatic heterocycles. The van der Waals surface area contributed by atoms with Gasteiger partial charge in [-0.15, -0.1) is 0 Å². The normalized spacial score (nSPS) is 15.1. The number of carboxylic acid groups (broad SMARTS) is 2. The van der Waals surface area contributed by atoms with E-state index in [1.807, 2.05) is 0 Å². The van der Waals surface area contributed by atoms with Gasteiger partial charge in [0.05, 0.1) is 6.42 Å². The Morgan fingerprint density at radius 1 is 1.36 bits per heavy atom. The summed E-state index contributed by atoms with van der Waals surface area (Å²) in [6.45, 7) is 3.55. The van der Waals surface area contributed by atoms with Crippen LogP contribution < -0.4 is 0 Å². The van der Waals surface area contributed by atoms with Crippen molar-refractivity contribution in [2.24, 2.45) is 11.8 Å². The maximum Gasteiger partial charge on any atom is 0.334 e. The number of aliphatic carboxylic acids is 2. The monoisotopic (exact) mass is 316 g/mol. The van der Waals surface area contributed by atoms with Gasteiger partial charge in [0.15, 0.2) is 6.10 Å². The van der Waals surface area contributed by atoms with Crippen LogP contribution in [0, 0.1) is 11.8 Å². The molecule has 0 saturated heterocycles. The molecule has 0 amide bonds. The molecule has 0 rings (SSSR count). The van der Waals surface area contributed by atoms with Crippen molar-refractivity contribution >= 4 is 34.9 Å². The van der Waals surface area contributed by atoms with E-state index in [0.717, 1.165) is 0 Å². The van der Waals surface area contributed by atoms with E-state index in [2.05, 4.69) is 0 Å². The summed E-state index contributed by atoms with van der Waals surface area (Å²) in [6, 6.07) is 0. The van der Waals surface area contributed by atoms with Crippen LogP contribution in [0.4, 0.5) is 0 Å². The molecule has 0 fully saturated rings. The van der Waals surface area contributed by atoms with Crippen molar-refractivity contribution in [1.29, 1.82) is 0 Å². The standard InChI is InChI=1S/C8H13IO5/c1-4(2)5(3-6(10)11)7(14-9)8(12)13/h4-5,7H,3H2,1-2H3,(H,10,11)(H,12,13). The minimum absolute atomic E-state index is 0.0537. The Balaban J connectivity index is 4.60. The fourth-order valence-electron chi connectivity index (χ4n) is 1.18. The number of carboxylic acids is 2. The van der Waals surface area contributed by atoms with Crippen LogP contribution in [0.5, 0.6) is 0 Å². The lowest BCUT2D eigenvalue weighted by molar-refractivity contribution is -0.149. The number of hydrogen-bond donors (Lipinski definition) is 2. The first-order valence-corrected chi connectivity index (χ1v) is 5.00. The SMILES string of the molecule is CC(C)C(CC(=O)O)C(OI)C(=O)O. The second kappa shape index (κ2) is 6.18. The molecule has 0 bridgehead atoms. The van der Waals surface area contributed by atoms with Crippen molar-refractivity contribution in [3.05, 3.63) is 0 Å². The smallest absolute Gasteiger partial charge is 0.334 e. The highest BCUT2D eigenvalue weighted by molar-refractivity contribution is 14.1. The first-order chi connectivity index (χ1) is 6.40. The number of rotatable bonds is 6. The zero-order valence-electron chi connectivity index (χ0n) is 7.94. The van der Waals surface area contributed by atoms with E-state index in [9.17, 15) is 9.59 Å². The van der Waals surface area contributed by atoms with Crippen molar-refractivity contribution in [1.82, 2.24) is 0 Å². The molecule has 0 aliphatic rings. The number of halogens is 1. The lowest BCUT2D eigenvalue weighted by Crippen LogP contribution is -2.34. The summed E-state index contributed by atoms with van der Waals surface area (Å²) in [5, 5.41) is 17.4. The summed E-state index contributed by atoms with van der Waals surface area (Å²) in [6.07, 6.45) is -1.26. The van der Waals surface area contributed by atoms with Gasteiger partial charge in [-0.1, -0.05) is 13.8 Å².